The molecule has 0 saturated carbocycles. The van der Waals surface area contributed by atoms with E-state index in [9.17, 15) is 0 Å². The molecule has 84 valence electrons. The average molecular weight is 207 g/mol. The molecule has 0 amide bonds. The summed E-state index contributed by atoms with van der Waals surface area (Å²) < 4.78 is 0. The van der Waals surface area contributed by atoms with Crippen LogP contribution in [0.15, 0.2) is 24.0 Å². The molecule has 0 unspecified atom stereocenters. The Balaban J connectivity index is 1.92. The standard InChI is InChI=1S/C12H21N3/c1-14-8-5-11(6-9-14)15(2)12-4-3-7-13-10-12/h3-4,10-11,13H,5-9H2,1-2H3. The zero-order chi connectivity index (χ0) is 10.7. The van der Waals surface area contributed by atoms with Crippen molar-refractivity contribution in [1.82, 2.24) is 15.1 Å². The molecule has 15 heavy (non-hydrogen) atoms. The van der Waals surface area contributed by atoms with Crippen molar-refractivity contribution in [3.8, 4) is 0 Å². The van der Waals surface area contributed by atoms with E-state index in [1.807, 2.05) is 0 Å². The smallest absolute Gasteiger partial charge is 0.0523 e. The van der Waals surface area contributed by atoms with Crippen molar-refractivity contribution in [2.24, 2.45) is 0 Å². The molecule has 0 aliphatic carbocycles. The Morgan fingerprint density at radius 2 is 2.13 bits per heavy atom. The van der Waals surface area contributed by atoms with Crippen molar-refractivity contribution in [3.63, 3.8) is 0 Å². The first kappa shape index (κ1) is 10.6. The summed E-state index contributed by atoms with van der Waals surface area (Å²) in [7, 11) is 4.41. The summed E-state index contributed by atoms with van der Waals surface area (Å²) in [6.45, 7) is 3.41. The average Bonchev–Trinajstić information content (AvgIpc) is 2.30. The monoisotopic (exact) mass is 207 g/mol. The molecule has 2 heterocycles. The first-order valence-corrected chi connectivity index (χ1v) is 5.79. The highest BCUT2D eigenvalue weighted by molar-refractivity contribution is 5.21. The molecule has 2 aliphatic heterocycles. The van der Waals surface area contributed by atoms with Crippen molar-refractivity contribution in [2.45, 2.75) is 18.9 Å². The number of allylic oxidation sites excluding steroid dienone is 1. The fraction of sp³-hybridized carbons (Fsp3) is 0.667. The Labute approximate surface area is 92.4 Å². The van der Waals surface area contributed by atoms with Crippen molar-refractivity contribution < 1.29 is 0 Å². The van der Waals surface area contributed by atoms with Gasteiger partial charge in [-0.05, 0) is 39.1 Å². The summed E-state index contributed by atoms with van der Waals surface area (Å²) in [6.07, 6.45) is 9.07. The summed E-state index contributed by atoms with van der Waals surface area (Å²) in [5.74, 6) is 0. The number of likely N-dealkylation sites (N-methyl/N-ethyl adjacent to an activating group) is 1. The van der Waals surface area contributed by atoms with E-state index in [0.29, 0.717) is 6.04 Å². The van der Waals surface area contributed by atoms with E-state index in [-0.39, 0.29) is 0 Å². The quantitative estimate of drug-likeness (QED) is 0.729. The number of nitrogens with one attached hydrogen (secondary N) is 1. The van der Waals surface area contributed by atoms with Gasteiger partial charge in [0.15, 0.2) is 0 Å². The van der Waals surface area contributed by atoms with Gasteiger partial charge in [-0.15, -0.1) is 0 Å². The largest absolute Gasteiger partial charge is 0.386 e. The van der Waals surface area contributed by atoms with E-state index in [4.69, 9.17) is 0 Å². The van der Waals surface area contributed by atoms with Gasteiger partial charge >= 0.3 is 0 Å². The van der Waals surface area contributed by atoms with Crippen LogP contribution in [0.1, 0.15) is 12.8 Å². The van der Waals surface area contributed by atoms with Gasteiger partial charge in [0.25, 0.3) is 0 Å². The van der Waals surface area contributed by atoms with Gasteiger partial charge in [-0.3, -0.25) is 0 Å². The minimum atomic E-state index is 0.706. The summed E-state index contributed by atoms with van der Waals surface area (Å²) in [4.78, 5) is 4.82. The number of likely N-dealkylation sites (tertiary alicyclic amines) is 1. The second-order valence-corrected chi connectivity index (χ2v) is 4.53. The molecule has 0 aromatic rings. The predicted octanol–water partition coefficient (Wildman–Crippen LogP) is 1.01. The van der Waals surface area contributed by atoms with E-state index in [2.05, 4.69) is 47.6 Å². The van der Waals surface area contributed by atoms with Gasteiger partial charge in [-0.2, -0.15) is 0 Å². The normalized spacial score (nSPS) is 23.5. The van der Waals surface area contributed by atoms with E-state index in [0.717, 1.165) is 6.54 Å². The Bertz CT molecular complexity index is 262. The third-order valence-corrected chi connectivity index (χ3v) is 3.42. The Morgan fingerprint density at radius 1 is 1.40 bits per heavy atom. The number of hydrogen-bond acceptors (Lipinski definition) is 3. The van der Waals surface area contributed by atoms with Crippen molar-refractivity contribution in [2.75, 3.05) is 33.7 Å². The molecule has 3 nitrogen and oxygen atoms in total. The van der Waals surface area contributed by atoms with Crippen LogP contribution in [0, 0.1) is 0 Å². The van der Waals surface area contributed by atoms with E-state index in [1.54, 1.807) is 0 Å². The lowest BCUT2D eigenvalue weighted by Gasteiger charge is -2.37. The number of nitrogens with zero attached hydrogens (tertiary/aromatic N) is 2. The fourth-order valence-corrected chi connectivity index (χ4v) is 2.27. The highest BCUT2D eigenvalue weighted by atomic mass is 15.2. The van der Waals surface area contributed by atoms with Gasteiger partial charge in [-0.1, -0.05) is 6.08 Å². The van der Waals surface area contributed by atoms with E-state index in [1.165, 1.54) is 31.6 Å². The number of rotatable bonds is 2. The molecule has 0 atom stereocenters. The maximum absolute atomic E-state index is 3.26. The van der Waals surface area contributed by atoms with Crippen LogP contribution in [-0.2, 0) is 0 Å². The summed E-state index contributed by atoms with van der Waals surface area (Å²) in [5.41, 5.74) is 1.32. The fourth-order valence-electron chi connectivity index (χ4n) is 2.27. The number of piperidine rings is 1. The van der Waals surface area contributed by atoms with Gasteiger partial charge in [0.2, 0.25) is 0 Å². The van der Waals surface area contributed by atoms with Crippen LogP contribution in [0.5, 0.6) is 0 Å². The molecular weight excluding hydrogens is 186 g/mol. The van der Waals surface area contributed by atoms with Crippen molar-refractivity contribution >= 4 is 0 Å². The maximum atomic E-state index is 3.26. The van der Waals surface area contributed by atoms with Gasteiger partial charge in [0, 0.05) is 25.8 Å². The van der Waals surface area contributed by atoms with Crippen LogP contribution >= 0.6 is 0 Å². The predicted molar refractivity (Wildman–Crippen MR) is 63.5 cm³/mol. The minimum absolute atomic E-state index is 0.706. The van der Waals surface area contributed by atoms with Gasteiger partial charge < -0.3 is 15.1 Å². The zero-order valence-electron chi connectivity index (χ0n) is 9.74. The molecule has 0 aromatic heterocycles. The van der Waals surface area contributed by atoms with E-state index >= 15 is 0 Å². The molecule has 2 aliphatic rings. The van der Waals surface area contributed by atoms with Crippen LogP contribution in [0.25, 0.3) is 0 Å². The van der Waals surface area contributed by atoms with E-state index < -0.39 is 0 Å². The lowest BCUT2D eigenvalue weighted by Crippen LogP contribution is -2.41. The van der Waals surface area contributed by atoms with Crippen LogP contribution in [0.4, 0.5) is 0 Å². The molecule has 0 radical (unpaired) electrons. The van der Waals surface area contributed by atoms with Gasteiger partial charge in [0.1, 0.15) is 0 Å². The SMILES string of the molecule is CN1CCC(N(C)C2=CNCC=C2)CC1. The lowest BCUT2D eigenvalue weighted by atomic mass is 10.0. The molecule has 0 bridgehead atoms. The second kappa shape index (κ2) is 4.71. The number of hydrogen-bond donors (Lipinski definition) is 1. The lowest BCUT2D eigenvalue weighted by molar-refractivity contribution is 0.173. The van der Waals surface area contributed by atoms with Crippen LogP contribution < -0.4 is 5.32 Å². The van der Waals surface area contributed by atoms with Gasteiger partial charge in [0.05, 0.1) is 5.70 Å². The van der Waals surface area contributed by atoms with Crippen LogP contribution in [-0.4, -0.2) is 49.6 Å². The first-order valence-electron chi connectivity index (χ1n) is 5.79. The highest BCUT2D eigenvalue weighted by Gasteiger charge is 2.21. The summed E-state index contributed by atoms with van der Waals surface area (Å²) in [5, 5.41) is 3.26. The number of dihydropyridines is 1. The second-order valence-electron chi connectivity index (χ2n) is 4.53. The molecule has 2 rings (SSSR count). The first-order chi connectivity index (χ1) is 7.27. The van der Waals surface area contributed by atoms with Crippen molar-refractivity contribution in [3.05, 3.63) is 24.0 Å². The van der Waals surface area contributed by atoms with Crippen molar-refractivity contribution in [1.29, 1.82) is 0 Å². The Kier molecular flexibility index (Phi) is 3.31. The molecule has 1 N–H and O–H groups in total. The maximum Gasteiger partial charge on any atom is 0.0523 e. The Hall–Kier alpha value is -0.960. The summed E-state index contributed by atoms with van der Waals surface area (Å²) in [6, 6.07) is 0.706. The summed E-state index contributed by atoms with van der Waals surface area (Å²) >= 11 is 0. The molecule has 0 aromatic carbocycles. The van der Waals surface area contributed by atoms with Crippen LogP contribution in [0.2, 0.25) is 0 Å². The molecule has 3 heteroatoms. The molecule has 1 fully saturated rings. The minimum Gasteiger partial charge on any atom is -0.386 e. The highest BCUT2D eigenvalue weighted by Crippen LogP contribution is 2.19. The zero-order valence-corrected chi connectivity index (χ0v) is 9.74. The Morgan fingerprint density at radius 3 is 2.73 bits per heavy atom. The van der Waals surface area contributed by atoms with Crippen LogP contribution in [0.3, 0.4) is 0 Å². The molecule has 0 spiro atoms. The molecule has 1 saturated heterocycles. The topological polar surface area (TPSA) is 18.5 Å². The van der Waals surface area contributed by atoms with Gasteiger partial charge in [-0.25, -0.2) is 0 Å². The third kappa shape index (κ3) is 2.53. The molecular formula is C12H21N3. The third-order valence-electron chi connectivity index (χ3n) is 3.42.